The molecule has 2 atom stereocenters. The quantitative estimate of drug-likeness (QED) is 0.929. The molecule has 0 bridgehead atoms. The molecule has 92 valence electrons. The number of carbonyl (C=O) groups is 1. The predicted octanol–water partition coefficient (Wildman–Crippen LogP) is 2.96. The number of ether oxygens (including phenoxy) is 1. The first kappa shape index (κ1) is 12.6. The Morgan fingerprint density at radius 3 is 2.76 bits per heavy atom. The van der Waals surface area contributed by atoms with Gasteiger partial charge in [0, 0.05) is 11.6 Å². The Morgan fingerprint density at radius 2 is 2.29 bits per heavy atom. The molecule has 0 aromatic heterocycles. The van der Waals surface area contributed by atoms with E-state index in [1.807, 2.05) is 25.1 Å². The Morgan fingerprint density at radius 1 is 1.65 bits per heavy atom. The molecule has 3 nitrogen and oxygen atoms in total. The average molecular weight is 299 g/mol. The zero-order valence-electron chi connectivity index (χ0n) is 9.87. The second-order valence-corrected chi connectivity index (χ2v) is 5.48. The molecule has 0 aliphatic heterocycles. The van der Waals surface area contributed by atoms with Crippen LogP contribution in [-0.2, 0) is 21.6 Å². The van der Waals surface area contributed by atoms with Crippen LogP contribution in [0.3, 0.4) is 0 Å². The van der Waals surface area contributed by atoms with Crippen LogP contribution in [0.15, 0.2) is 22.7 Å². The summed E-state index contributed by atoms with van der Waals surface area (Å²) in [5.41, 5.74) is 1.20. The van der Waals surface area contributed by atoms with Crippen LogP contribution in [0.25, 0.3) is 0 Å². The smallest absolute Gasteiger partial charge is 0.314 e. The van der Waals surface area contributed by atoms with Gasteiger partial charge in [-0.3, -0.25) is 4.79 Å². The van der Waals surface area contributed by atoms with Crippen LogP contribution >= 0.6 is 15.9 Å². The number of rotatable bonds is 4. The van der Waals surface area contributed by atoms with E-state index in [0.29, 0.717) is 6.61 Å². The number of hydrogen-bond acceptors (Lipinski definition) is 2. The third-order valence-corrected chi connectivity index (χ3v) is 4.33. The van der Waals surface area contributed by atoms with Gasteiger partial charge in [-0.1, -0.05) is 35.0 Å². The monoisotopic (exact) mass is 298 g/mol. The summed E-state index contributed by atoms with van der Waals surface area (Å²) in [6.07, 6.45) is 0.719. The SMILES string of the molecule is COCc1cc(C2(C(=O)O)CC2C)ccc1Br. The molecule has 4 heteroatoms. The van der Waals surface area contributed by atoms with Crippen molar-refractivity contribution < 1.29 is 14.6 Å². The van der Waals surface area contributed by atoms with Gasteiger partial charge in [0.25, 0.3) is 0 Å². The van der Waals surface area contributed by atoms with Crippen molar-refractivity contribution >= 4 is 21.9 Å². The Hall–Kier alpha value is -0.870. The molecular weight excluding hydrogens is 284 g/mol. The average Bonchev–Trinajstić information content (AvgIpc) is 2.95. The summed E-state index contributed by atoms with van der Waals surface area (Å²) in [6.45, 7) is 2.46. The van der Waals surface area contributed by atoms with Crippen LogP contribution in [0.1, 0.15) is 24.5 Å². The number of benzene rings is 1. The van der Waals surface area contributed by atoms with E-state index in [1.54, 1.807) is 7.11 Å². The summed E-state index contributed by atoms with van der Waals surface area (Å²) in [4.78, 5) is 11.4. The van der Waals surface area contributed by atoms with E-state index in [9.17, 15) is 9.90 Å². The highest BCUT2D eigenvalue weighted by atomic mass is 79.9. The first-order valence-corrected chi connectivity index (χ1v) is 6.33. The van der Waals surface area contributed by atoms with Gasteiger partial charge in [-0.2, -0.15) is 0 Å². The number of halogens is 1. The summed E-state index contributed by atoms with van der Waals surface area (Å²) in [5.74, 6) is -0.521. The number of hydrogen-bond donors (Lipinski definition) is 1. The van der Waals surface area contributed by atoms with Gasteiger partial charge in [0.05, 0.1) is 12.0 Å². The third-order valence-electron chi connectivity index (χ3n) is 3.55. The molecule has 1 aromatic carbocycles. The molecule has 1 aromatic rings. The normalized spacial score (nSPS) is 26.9. The maximum absolute atomic E-state index is 11.4. The van der Waals surface area contributed by atoms with Crippen molar-refractivity contribution in [3.05, 3.63) is 33.8 Å². The second-order valence-electron chi connectivity index (χ2n) is 4.62. The molecule has 0 amide bonds. The van der Waals surface area contributed by atoms with E-state index in [4.69, 9.17) is 4.74 Å². The lowest BCUT2D eigenvalue weighted by atomic mass is 9.92. The molecule has 1 saturated carbocycles. The van der Waals surface area contributed by atoms with Crippen LogP contribution in [0.4, 0.5) is 0 Å². The third kappa shape index (κ3) is 2.00. The molecule has 1 fully saturated rings. The van der Waals surface area contributed by atoms with Crippen molar-refractivity contribution in [3.8, 4) is 0 Å². The Labute approximate surface area is 109 Å². The standard InChI is InChI=1S/C13H15BrO3/c1-8-6-13(8,12(15)16)10-3-4-11(14)9(5-10)7-17-2/h3-5,8H,6-7H2,1-2H3,(H,15,16). The molecule has 0 spiro atoms. The van der Waals surface area contributed by atoms with Crippen molar-refractivity contribution in [2.24, 2.45) is 5.92 Å². The van der Waals surface area contributed by atoms with Gasteiger partial charge < -0.3 is 9.84 Å². The fourth-order valence-corrected chi connectivity index (χ4v) is 2.73. The first-order chi connectivity index (χ1) is 8.02. The Balaban J connectivity index is 2.40. The molecular formula is C13H15BrO3. The minimum Gasteiger partial charge on any atom is -0.481 e. The van der Waals surface area contributed by atoms with Gasteiger partial charge in [-0.05, 0) is 29.5 Å². The van der Waals surface area contributed by atoms with Crippen LogP contribution < -0.4 is 0 Å². The van der Waals surface area contributed by atoms with Crippen LogP contribution in [0, 0.1) is 5.92 Å². The van der Waals surface area contributed by atoms with Gasteiger partial charge in [0.1, 0.15) is 0 Å². The van der Waals surface area contributed by atoms with Crippen LogP contribution in [-0.4, -0.2) is 18.2 Å². The van der Waals surface area contributed by atoms with E-state index in [1.165, 1.54) is 0 Å². The van der Waals surface area contributed by atoms with E-state index < -0.39 is 11.4 Å². The van der Waals surface area contributed by atoms with Crippen molar-refractivity contribution in [2.45, 2.75) is 25.4 Å². The summed E-state index contributed by atoms with van der Waals surface area (Å²) in [6, 6.07) is 5.73. The zero-order valence-corrected chi connectivity index (χ0v) is 11.5. The molecule has 1 aliphatic carbocycles. The summed E-state index contributed by atoms with van der Waals surface area (Å²) >= 11 is 3.44. The lowest BCUT2D eigenvalue weighted by Gasteiger charge is -2.14. The van der Waals surface area contributed by atoms with Crippen LogP contribution in [0.5, 0.6) is 0 Å². The van der Waals surface area contributed by atoms with E-state index in [0.717, 1.165) is 22.0 Å². The first-order valence-electron chi connectivity index (χ1n) is 5.53. The number of carboxylic acids is 1. The highest BCUT2D eigenvalue weighted by molar-refractivity contribution is 9.10. The topological polar surface area (TPSA) is 46.5 Å². The summed E-state index contributed by atoms with van der Waals surface area (Å²) < 4.78 is 6.06. The van der Waals surface area contributed by atoms with Gasteiger partial charge >= 0.3 is 5.97 Å². The molecule has 0 heterocycles. The second kappa shape index (κ2) is 4.42. The fourth-order valence-electron chi connectivity index (χ4n) is 2.37. The molecule has 2 unspecified atom stereocenters. The maximum atomic E-state index is 11.4. The lowest BCUT2D eigenvalue weighted by molar-refractivity contribution is -0.140. The largest absolute Gasteiger partial charge is 0.481 e. The van der Waals surface area contributed by atoms with Gasteiger partial charge in [0.15, 0.2) is 0 Å². The maximum Gasteiger partial charge on any atom is 0.314 e. The zero-order chi connectivity index (χ0) is 12.6. The molecule has 17 heavy (non-hydrogen) atoms. The minimum absolute atomic E-state index is 0.205. The Bertz CT molecular complexity index is 458. The molecule has 0 radical (unpaired) electrons. The van der Waals surface area contributed by atoms with E-state index >= 15 is 0 Å². The fraction of sp³-hybridized carbons (Fsp3) is 0.462. The van der Waals surface area contributed by atoms with Gasteiger partial charge in [-0.15, -0.1) is 0 Å². The minimum atomic E-state index is -0.726. The summed E-state index contributed by atoms with van der Waals surface area (Å²) in [7, 11) is 1.63. The highest BCUT2D eigenvalue weighted by Crippen LogP contribution is 2.54. The molecule has 1 aliphatic rings. The summed E-state index contributed by atoms with van der Waals surface area (Å²) in [5, 5.41) is 9.37. The lowest BCUT2D eigenvalue weighted by Crippen LogP contribution is -2.22. The van der Waals surface area contributed by atoms with Gasteiger partial charge in [0.2, 0.25) is 0 Å². The Kier molecular flexibility index (Phi) is 3.27. The molecule has 2 rings (SSSR count). The van der Waals surface area contributed by atoms with E-state index in [2.05, 4.69) is 15.9 Å². The molecule has 0 saturated heterocycles. The van der Waals surface area contributed by atoms with Crippen molar-refractivity contribution in [1.29, 1.82) is 0 Å². The molecule has 1 N–H and O–H groups in total. The number of carboxylic acid groups (broad SMARTS) is 1. The predicted molar refractivity (Wildman–Crippen MR) is 67.9 cm³/mol. The van der Waals surface area contributed by atoms with Crippen molar-refractivity contribution in [1.82, 2.24) is 0 Å². The number of methoxy groups -OCH3 is 1. The van der Waals surface area contributed by atoms with E-state index in [-0.39, 0.29) is 5.92 Å². The van der Waals surface area contributed by atoms with Crippen molar-refractivity contribution in [2.75, 3.05) is 7.11 Å². The van der Waals surface area contributed by atoms with Gasteiger partial charge in [-0.25, -0.2) is 0 Å². The number of aliphatic carboxylic acids is 1. The highest BCUT2D eigenvalue weighted by Gasteiger charge is 2.59. The van der Waals surface area contributed by atoms with Crippen molar-refractivity contribution in [3.63, 3.8) is 0 Å². The van der Waals surface area contributed by atoms with Crippen LogP contribution in [0.2, 0.25) is 0 Å².